The molecule has 0 saturated heterocycles. The molecule has 6 heteroatoms. The average molecular weight is 247 g/mol. The summed E-state index contributed by atoms with van der Waals surface area (Å²) in [6, 6.07) is 3.86. The molecular formula is C11H9N3O2S. The summed E-state index contributed by atoms with van der Waals surface area (Å²) in [5.41, 5.74) is 0.922. The number of fused-ring (bicyclic) bond motifs is 1. The molecule has 0 aliphatic carbocycles. The van der Waals surface area contributed by atoms with Gasteiger partial charge in [0.2, 0.25) is 11.7 Å². The van der Waals surface area contributed by atoms with Gasteiger partial charge in [-0.1, -0.05) is 5.16 Å². The number of aromatic nitrogens is 3. The lowest BCUT2D eigenvalue weighted by Gasteiger charge is -1.90. The zero-order valence-corrected chi connectivity index (χ0v) is 9.65. The first-order chi connectivity index (χ1) is 8.38. The topological polar surface area (TPSA) is 72.0 Å². The van der Waals surface area contributed by atoms with Crippen molar-refractivity contribution in [1.29, 1.82) is 0 Å². The first-order valence-corrected chi connectivity index (χ1v) is 6.02. The van der Waals surface area contributed by atoms with E-state index in [1.165, 1.54) is 0 Å². The van der Waals surface area contributed by atoms with Gasteiger partial charge in [0.25, 0.3) is 0 Å². The monoisotopic (exact) mass is 247 g/mol. The summed E-state index contributed by atoms with van der Waals surface area (Å²) in [5.74, 6) is 0.999. The minimum Gasteiger partial charge on any atom is -0.396 e. The minimum atomic E-state index is 0.00751. The molecule has 3 aromatic heterocycles. The number of nitrogens with zero attached hydrogens (tertiary/aromatic N) is 3. The Morgan fingerprint density at radius 1 is 1.41 bits per heavy atom. The average Bonchev–Trinajstić information content (AvgIpc) is 2.95. The Hall–Kier alpha value is -1.79. The van der Waals surface area contributed by atoms with Crippen molar-refractivity contribution in [3.05, 3.63) is 29.6 Å². The quantitative estimate of drug-likeness (QED) is 0.765. The molecule has 0 spiro atoms. The number of hydrogen-bond acceptors (Lipinski definition) is 6. The van der Waals surface area contributed by atoms with Gasteiger partial charge in [-0.2, -0.15) is 4.98 Å². The molecular weight excluding hydrogens is 238 g/mol. The highest BCUT2D eigenvalue weighted by atomic mass is 32.1. The standard InChI is InChI=1S/C11H9N3O2S/c15-5-3-9-13-10(14-16-9)8-6-17-11-7(8)2-1-4-12-11/h1-2,4,6,15H,3,5H2. The maximum Gasteiger partial charge on any atom is 0.229 e. The number of rotatable bonds is 3. The Morgan fingerprint density at radius 2 is 2.35 bits per heavy atom. The van der Waals surface area contributed by atoms with Gasteiger partial charge in [0.1, 0.15) is 4.83 Å². The van der Waals surface area contributed by atoms with Gasteiger partial charge in [0.15, 0.2) is 0 Å². The summed E-state index contributed by atoms with van der Waals surface area (Å²) >= 11 is 1.55. The molecule has 3 heterocycles. The number of pyridine rings is 1. The molecule has 0 amide bonds. The highest BCUT2D eigenvalue weighted by molar-refractivity contribution is 7.17. The highest BCUT2D eigenvalue weighted by Crippen LogP contribution is 2.30. The van der Waals surface area contributed by atoms with E-state index in [0.29, 0.717) is 18.1 Å². The van der Waals surface area contributed by atoms with Gasteiger partial charge in [-0.3, -0.25) is 0 Å². The Balaban J connectivity index is 2.07. The van der Waals surface area contributed by atoms with Crippen molar-refractivity contribution >= 4 is 21.6 Å². The third kappa shape index (κ3) is 1.81. The largest absolute Gasteiger partial charge is 0.396 e. The molecule has 3 rings (SSSR count). The van der Waals surface area contributed by atoms with E-state index < -0.39 is 0 Å². The lowest BCUT2D eigenvalue weighted by Crippen LogP contribution is -1.89. The van der Waals surface area contributed by atoms with Crippen LogP contribution in [0.3, 0.4) is 0 Å². The van der Waals surface area contributed by atoms with Crippen LogP contribution in [0.4, 0.5) is 0 Å². The van der Waals surface area contributed by atoms with Gasteiger partial charge in [-0.05, 0) is 12.1 Å². The molecule has 5 nitrogen and oxygen atoms in total. The highest BCUT2D eigenvalue weighted by Gasteiger charge is 2.13. The molecule has 0 aliphatic heterocycles. The molecule has 0 aliphatic rings. The number of thiophene rings is 1. The number of hydrogen-bond donors (Lipinski definition) is 1. The van der Waals surface area contributed by atoms with Crippen molar-refractivity contribution < 1.29 is 9.63 Å². The fraction of sp³-hybridized carbons (Fsp3) is 0.182. The Morgan fingerprint density at radius 3 is 3.24 bits per heavy atom. The molecule has 0 aromatic carbocycles. The second kappa shape index (κ2) is 4.23. The molecule has 0 atom stereocenters. The summed E-state index contributed by atoms with van der Waals surface area (Å²) in [4.78, 5) is 9.45. The molecule has 0 radical (unpaired) electrons. The van der Waals surface area contributed by atoms with Gasteiger partial charge < -0.3 is 9.63 Å². The van der Waals surface area contributed by atoms with E-state index in [2.05, 4.69) is 15.1 Å². The van der Waals surface area contributed by atoms with Crippen molar-refractivity contribution in [3.8, 4) is 11.4 Å². The molecule has 0 saturated carbocycles. The number of aliphatic hydroxyl groups is 1. The fourth-order valence-electron chi connectivity index (χ4n) is 1.60. The van der Waals surface area contributed by atoms with Crippen molar-refractivity contribution in [2.75, 3.05) is 6.61 Å². The Labute approximate surface area is 101 Å². The third-order valence-electron chi connectivity index (χ3n) is 2.38. The predicted molar refractivity (Wildman–Crippen MR) is 63.7 cm³/mol. The molecule has 3 aromatic rings. The van der Waals surface area contributed by atoms with Crippen LogP contribution in [0.15, 0.2) is 28.2 Å². The maximum atomic E-state index is 8.80. The molecule has 0 fully saturated rings. The van der Waals surface area contributed by atoms with Crippen molar-refractivity contribution in [1.82, 2.24) is 15.1 Å². The van der Waals surface area contributed by atoms with E-state index in [-0.39, 0.29) is 6.61 Å². The summed E-state index contributed by atoms with van der Waals surface area (Å²) in [6.07, 6.45) is 2.14. The van der Waals surface area contributed by atoms with Gasteiger partial charge in [-0.25, -0.2) is 4.98 Å². The first kappa shape index (κ1) is 10.4. The van der Waals surface area contributed by atoms with E-state index >= 15 is 0 Å². The van der Waals surface area contributed by atoms with Gasteiger partial charge >= 0.3 is 0 Å². The summed E-state index contributed by atoms with van der Waals surface area (Å²) in [5, 5.41) is 15.7. The molecule has 17 heavy (non-hydrogen) atoms. The SMILES string of the molecule is OCCc1nc(-c2csc3ncccc23)no1. The van der Waals surface area contributed by atoms with Gasteiger partial charge in [0, 0.05) is 22.5 Å². The van der Waals surface area contributed by atoms with Crippen LogP contribution in [-0.2, 0) is 6.42 Å². The summed E-state index contributed by atoms with van der Waals surface area (Å²) in [6.45, 7) is 0.00751. The first-order valence-electron chi connectivity index (χ1n) is 5.14. The predicted octanol–water partition coefficient (Wildman–Crippen LogP) is 1.88. The van der Waals surface area contributed by atoms with Crippen LogP contribution in [0.5, 0.6) is 0 Å². The van der Waals surface area contributed by atoms with E-state index in [9.17, 15) is 0 Å². The van der Waals surface area contributed by atoms with E-state index in [1.807, 2.05) is 17.5 Å². The molecule has 0 bridgehead atoms. The third-order valence-corrected chi connectivity index (χ3v) is 3.29. The van der Waals surface area contributed by atoms with Crippen LogP contribution in [0.1, 0.15) is 5.89 Å². The van der Waals surface area contributed by atoms with Crippen LogP contribution < -0.4 is 0 Å². The van der Waals surface area contributed by atoms with E-state index in [1.54, 1.807) is 17.5 Å². The summed E-state index contributed by atoms with van der Waals surface area (Å²) in [7, 11) is 0. The number of aliphatic hydroxyl groups excluding tert-OH is 1. The second-order valence-electron chi connectivity index (χ2n) is 3.49. The lowest BCUT2D eigenvalue weighted by molar-refractivity contribution is 0.274. The smallest absolute Gasteiger partial charge is 0.229 e. The maximum absolute atomic E-state index is 8.80. The fourth-order valence-corrected chi connectivity index (χ4v) is 2.49. The van der Waals surface area contributed by atoms with E-state index in [4.69, 9.17) is 9.63 Å². The van der Waals surface area contributed by atoms with Crippen molar-refractivity contribution in [3.63, 3.8) is 0 Å². The molecule has 1 N–H and O–H groups in total. The zero-order chi connectivity index (χ0) is 11.7. The van der Waals surface area contributed by atoms with Crippen molar-refractivity contribution in [2.24, 2.45) is 0 Å². The van der Waals surface area contributed by atoms with Crippen molar-refractivity contribution in [2.45, 2.75) is 6.42 Å². The van der Waals surface area contributed by atoms with Crippen LogP contribution in [0.2, 0.25) is 0 Å². The Kier molecular flexibility index (Phi) is 2.58. The van der Waals surface area contributed by atoms with Crippen LogP contribution in [-0.4, -0.2) is 26.8 Å². The van der Waals surface area contributed by atoms with Crippen LogP contribution >= 0.6 is 11.3 Å². The van der Waals surface area contributed by atoms with Crippen LogP contribution in [0.25, 0.3) is 21.6 Å². The Bertz CT molecular complexity index is 647. The lowest BCUT2D eigenvalue weighted by atomic mass is 10.2. The second-order valence-corrected chi connectivity index (χ2v) is 4.35. The van der Waals surface area contributed by atoms with Gasteiger partial charge in [-0.15, -0.1) is 11.3 Å². The van der Waals surface area contributed by atoms with E-state index in [0.717, 1.165) is 15.8 Å². The molecule has 86 valence electrons. The van der Waals surface area contributed by atoms with Gasteiger partial charge in [0.05, 0.1) is 13.0 Å². The zero-order valence-electron chi connectivity index (χ0n) is 8.83. The van der Waals surface area contributed by atoms with Crippen LogP contribution in [0, 0.1) is 0 Å². The molecule has 0 unspecified atom stereocenters. The minimum absolute atomic E-state index is 0.00751. The normalized spacial score (nSPS) is 11.1. The summed E-state index contributed by atoms with van der Waals surface area (Å²) < 4.78 is 5.04.